The number of aromatic nitrogens is 3. The zero-order valence-corrected chi connectivity index (χ0v) is 13.6. The van der Waals surface area contributed by atoms with Gasteiger partial charge in [0.1, 0.15) is 10.7 Å². The number of hydrogen-bond acceptors (Lipinski definition) is 5. The summed E-state index contributed by atoms with van der Waals surface area (Å²) in [6, 6.07) is 5.29. The number of anilines is 1. The summed E-state index contributed by atoms with van der Waals surface area (Å²) in [7, 11) is 1.75. The quantitative estimate of drug-likeness (QED) is 0.763. The predicted molar refractivity (Wildman–Crippen MR) is 85.4 cm³/mol. The summed E-state index contributed by atoms with van der Waals surface area (Å²) < 4.78 is 42.8. The van der Waals surface area contributed by atoms with Gasteiger partial charge in [-0.2, -0.15) is 5.10 Å². The molecule has 0 radical (unpaired) electrons. The molecule has 0 bridgehead atoms. The molecule has 2 aromatic heterocycles. The number of hydrogen-bond donors (Lipinski definition) is 1. The van der Waals surface area contributed by atoms with Gasteiger partial charge in [-0.15, -0.1) is 24.5 Å². The molecule has 0 saturated carbocycles. The molecule has 25 heavy (non-hydrogen) atoms. The van der Waals surface area contributed by atoms with Crippen LogP contribution in [0, 0.1) is 0 Å². The summed E-state index contributed by atoms with van der Waals surface area (Å²) in [5.74, 6) is -1.13. The van der Waals surface area contributed by atoms with E-state index in [-0.39, 0.29) is 11.4 Å². The summed E-state index contributed by atoms with van der Waals surface area (Å²) in [4.78, 5) is 16.4. The highest BCUT2D eigenvalue weighted by Gasteiger charge is 2.32. The molecule has 3 rings (SSSR count). The van der Waals surface area contributed by atoms with Crippen LogP contribution in [0.4, 0.5) is 18.9 Å². The van der Waals surface area contributed by atoms with Crippen LogP contribution in [0.5, 0.6) is 5.75 Å². The van der Waals surface area contributed by atoms with Crippen molar-refractivity contribution in [3.8, 4) is 16.3 Å². The number of halogens is 3. The fourth-order valence-electron chi connectivity index (χ4n) is 2.01. The number of benzene rings is 1. The number of para-hydroxylation sites is 2. The minimum absolute atomic E-state index is 0.0886. The lowest BCUT2D eigenvalue weighted by Crippen LogP contribution is -2.19. The van der Waals surface area contributed by atoms with E-state index in [1.165, 1.54) is 34.9 Å². The highest BCUT2D eigenvalue weighted by Crippen LogP contribution is 2.30. The number of ether oxygens (including phenoxy) is 1. The van der Waals surface area contributed by atoms with Crippen LogP contribution in [-0.2, 0) is 7.05 Å². The van der Waals surface area contributed by atoms with E-state index in [0.29, 0.717) is 5.01 Å². The molecule has 1 amide bonds. The standard InChI is InChI=1S/C15H11F3N4O2S/c1-22-7-9(6-19-22)14-21-11(8-25-14)13(23)20-10-4-2-3-5-12(10)24-15(16,17)18/h2-8H,1H3,(H,20,23). The fourth-order valence-corrected chi connectivity index (χ4v) is 2.79. The molecular weight excluding hydrogens is 357 g/mol. The number of carbonyl (C=O) groups excluding carboxylic acids is 1. The maximum absolute atomic E-state index is 12.4. The van der Waals surface area contributed by atoms with E-state index in [0.717, 1.165) is 11.6 Å². The fraction of sp³-hybridized carbons (Fsp3) is 0.133. The number of aryl methyl sites for hydroxylation is 1. The number of alkyl halides is 3. The zero-order chi connectivity index (χ0) is 18.0. The Morgan fingerprint density at radius 2 is 2.08 bits per heavy atom. The first-order valence-corrected chi connectivity index (χ1v) is 7.80. The van der Waals surface area contributed by atoms with Gasteiger partial charge in [-0.05, 0) is 12.1 Å². The minimum atomic E-state index is -4.85. The van der Waals surface area contributed by atoms with Gasteiger partial charge >= 0.3 is 6.36 Å². The molecule has 0 fully saturated rings. The smallest absolute Gasteiger partial charge is 0.404 e. The van der Waals surface area contributed by atoms with Gasteiger partial charge in [-0.25, -0.2) is 4.98 Å². The highest BCUT2D eigenvalue weighted by atomic mass is 32.1. The van der Waals surface area contributed by atoms with Crippen molar-refractivity contribution in [2.75, 3.05) is 5.32 Å². The van der Waals surface area contributed by atoms with Gasteiger partial charge < -0.3 is 10.1 Å². The van der Waals surface area contributed by atoms with Gasteiger partial charge in [0.25, 0.3) is 5.91 Å². The number of amides is 1. The normalized spacial score (nSPS) is 11.4. The maximum atomic E-state index is 12.4. The second-order valence-corrected chi connectivity index (χ2v) is 5.80. The van der Waals surface area contributed by atoms with Crippen LogP contribution in [0.15, 0.2) is 42.0 Å². The molecule has 6 nitrogen and oxygen atoms in total. The van der Waals surface area contributed by atoms with Gasteiger partial charge in [0.15, 0.2) is 5.75 Å². The first kappa shape index (κ1) is 17.0. The Morgan fingerprint density at radius 1 is 1.32 bits per heavy atom. The summed E-state index contributed by atoms with van der Waals surface area (Å²) in [6.45, 7) is 0. The Bertz CT molecular complexity index is 904. The third-order valence-corrected chi connectivity index (χ3v) is 3.94. The third kappa shape index (κ3) is 4.15. The van der Waals surface area contributed by atoms with Gasteiger partial charge in [0.05, 0.1) is 11.9 Å². The Hall–Kier alpha value is -2.88. The molecule has 0 unspecified atom stereocenters. The minimum Gasteiger partial charge on any atom is -0.404 e. The number of thiazole rings is 1. The van der Waals surface area contributed by atoms with Crippen molar-refractivity contribution in [1.82, 2.24) is 14.8 Å². The van der Waals surface area contributed by atoms with E-state index >= 15 is 0 Å². The van der Waals surface area contributed by atoms with Crippen molar-refractivity contribution in [2.24, 2.45) is 7.05 Å². The van der Waals surface area contributed by atoms with E-state index in [1.54, 1.807) is 24.1 Å². The molecule has 130 valence electrons. The molecule has 1 N–H and O–H groups in total. The first-order chi connectivity index (χ1) is 11.8. The molecule has 0 spiro atoms. The molecule has 0 atom stereocenters. The van der Waals surface area contributed by atoms with E-state index in [4.69, 9.17) is 0 Å². The average Bonchev–Trinajstić information content (AvgIpc) is 3.16. The van der Waals surface area contributed by atoms with Crippen molar-refractivity contribution >= 4 is 22.9 Å². The van der Waals surface area contributed by atoms with Crippen molar-refractivity contribution in [2.45, 2.75) is 6.36 Å². The van der Waals surface area contributed by atoms with E-state index < -0.39 is 18.0 Å². The molecule has 1 aromatic carbocycles. The summed E-state index contributed by atoms with van der Waals surface area (Å²) in [6.07, 6.45) is -1.51. The van der Waals surface area contributed by atoms with Gasteiger partial charge in [0.2, 0.25) is 0 Å². The second kappa shape index (κ2) is 6.55. The van der Waals surface area contributed by atoms with E-state index in [1.807, 2.05) is 0 Å². The van der Waals surface area contributed by atoms with Crippen LogP contribution in [0.25, 0.3) is 10.6 Å². The maximum Gasteiger partial charge on any atom is 0.573 e. The SMILES string of the molecule is Cn1cc(-c2nc(C(=O)Nc3ccccc3OC(F)(F)F)cs2)cn1. The van der Waals surface area contributed by atoms with E-state index in [2.05, 4.69) is 20.1 Å². The topological polar surface area (TPSA) is 69.0 Å². The number of carbonyl (C=O) groups is 1. The lowest BCUT2D eigenvalue weighted by molar-refractivity contribution is -0.274. The van der Waals surface area contributed by atoms with Crippen molar-refractivity contribution in [1.29, 1.82) is 0 Å². The number of nitrogens with one attached hydrogen (secondary N) is 1. The largest absolute Gasteiger partial charge is 0.573 e. The predicted octanol–water partition coefficient (Wildman–Crippen LogP) is 3.69. The Labute approximate surface area is 143 Å². The summed E-state index contributed by atoms with van der Waals surface area (Å²) in [5, 5.41) is 8.50. The Morgan fingerprint density at radius 3 is 2.76 bits per heavy atom. The average molecular weight is 368 g/mol. The van der Waals surface area contributed by atoms with Crippen LogP contribution >= 0.6 is 11.3 Å². The van der Waals surface area contributed by atoms with Gasteiger partial charge in [0, 0.05) is 24.2 Å². The molecule has 2 heterocycles. The highest BCUT2D eigenvalue weighted by molar-refractivity contribution is 7.13. The Kier molecular flexibility index (Phi) is 4.45. The van der Waals surface area contributed by atoms with Crippen LogP contribution < -0.4 is 10.1 Å². The van der Waals surface area contributed by atoms with E-state index in [9.17, 15) is 18.0 Å². The van der Waals surface area contributed by atoms with Crippen LogP contribution in [0.1, 0.15) is 10.5 Å². The number of nitrogens with zero attached hydrogens (tertiary/aromatic N) is 3. The van der Waals surface area contributed by atoms with Crippen molar-refractivity contribution in [3.63, 3.8) is 0 Å². The molecular formula is C15H11F3N4O2S. The molecule has 0 aliphatic rings. The van der Waals surface area contributed by atoms with Crippen molar-refractivity contribution < 1.29 is 22.7 Å². The molecule has 0 saturated heterocycles. The molecule has 0 aliphatic heterocycles. The van der Waals surface area contributed by atoms with Crippen LogP contribution in [-0.4, -0.2) is 27.0 Å². The van der Waals surface area contributed by atoms with Gasteiger partial charge in [-0.1, -0.05) is 12.1 Å². The number of rotatable bonds is 4. The molecule has 0 aliphatic carbocycles. The Balaban J connectivity index is 1.78. The van der Waals surface area contributed by atoms with Crippen LogP contribution in [0.2, 0.25) is 0 Å². The van der Waals surface area contributed by atoms with Crippen molar-refractivity contribution in [3.05, 3.63) is 47.7 Å². The third-order valence-electron chi connectivity index (χ3n) is 3.05. The molecule has 10 heteroatoms. The van der Waals surface area contributed by atoms with Crippen LogP contribution in [0.3, 0.4) is 0 Å². The first-order valence-electron chi connectivity index (χ1n) is 6.92. The van der Waals surface area contributed by atoms with Gasteiger partial charge in [-0.3, -0.25) is 9.48 Å². The monoisotopic (exact) mass is 368 g/mol. The lowest BCUT2D eigenvalue weighted by atomic mass is 10.3. The summed E-state index contributed by atoms with van der Waals surface area (Å²) in [5.41, 5.74) is 0.735. The lowest BCUT2D eigenvalue weighted by Gasteiger charge is -2.13. The zero-order valence-electron chi connectivity index (χ0n) is 12.7. The molecule has 3 aromatic rings. The summed E-state index contributed by atoms with van der Waals surface area (Å²) >= 11 is 1.23. The second-order valence-electron chi connectivity index (χ2n) is 4.94.